The molecule has 0 bridgehead atoms. The Labute approximate surface area is 291 Å². The van der Waals surface area contributed by atoms with E-state index in [-0.39, 0.29) is 41.5 Å². The molecule has 0 unspecified atom stereocenters. The molecule has 2 aliphatic heterocycles. The van der Waals surface area contributed by atoms with Crippen LogP contribution in [-0.2, 0) is 24.6 Å². The predicted octanol–water partition coefficient (Wildman–Crippen LogP) is 6.62. The highest BCUT2D eigenvalue weighted by Crippen LogP contribution is 2.65. The van der Waals surface area contributed by atoms with Gasteiger partial charge in [0.15, 0.2) is 11.5 Å². The number of hydrogen-bond donors (Lipinski definition) is 1. The number of halogens is 2. The van der Waals surface area contributed by atoms with Crippen LogP contribution in [0.4, 0.5) is 5.69 Å². The summed E-state index contributed by atoms with van der Waals surface area (Å²) < 4.78 is 6.11. The van der Waals surface area contributed by atoms with Crippen molar-refractivity contribution in [3.05, 3.63) is 98.1 Å². The largest absolute Gasteiger partial charge is 0.504 e. The number of phenols is 1. The number of amides is 4. The minimum Gasteiger partial charge on any atom is -0.504 e. The van der Waals surface area contributed by atoms with Crippen molar-refractivity contribution < 1.29 is 29.0 Å². The summed E-state index contributed by atoms with van der Waals surface area (Å²) in [6.45, 7) is 5.56. The van der Waals surface area contributed by atoms with Gasteiger partial charge in [0.1, 0.15) is 0 Å². The maximum absolute atomic E-state index is 15.3. The van der Waals surface area contributed by atoms with Gasteiger partial charge in [-0.2, -0.15) is 0 Å². The van der Waals surface area contributed by atoms with E-state index in [0.29, 0.717) is 31.8 Å². The molecule has 7 rings (SSSR count). The number of imide groups is 2. The molecule has 3 aromatic carbocycles. The highest BCUT2D eigenvalue weighted by atomic mass is 127. The van der Waals surface area contributed by atoms with E-state index in [1.165, 1.54) is 16.9 Å². The van der Waals surface area contributed by atoms with E-state index in [1.807, 2.05) is 85.8 Å². The standard InChI is InChI=1S/C37H34ClIN2O6/c1-36(2,3)41-32(43)24-14-13-23-25(29(24)34(41)45)18-26-33(44)40(22-12-8-11-21(38)17-22)35(46)37(26,20-9-6-5-7-10-20)30(23)19-15-27(39)31(42)28(16-19)47-4/h5-13,15-17,24-26,29-30,42H,14,18H2,1-4H3/t24-,25+,26-,29-,30-,37+/m0/s1. The van der Waals surface area contributed by atoms with E-state index in [4.69, 9.17) is 16.3 Å². The second kappa shape index (κ2) is 11.2. The zero-order valence-electron chi connectivity index (χ0n) is 26.4. The highest BCUT2D eigenvalue weighted by Gasteiger charge is 2.70. The lowest BCUT2D eigenvalue weighted by molar-refractivity contribution is -0.145. The van der Waals surface area contributed by atoms with Crippen LogP contribution in [-0.4, -0.2) is 46.3 Å². The van der Waals surface area contributed by atoms with Gasteiger partial charge in [0, 0.05) is 16.5 Å². The van der Waals surface area contributed by atoms with Crippen molar-refractivity contribution in [2.45, 2.75) is 50.5 Å². The van der Waals surface area contributed by atoms with Crippen LogP contribution in [0.15, 0.2) is 78.4 Å². The Kier molecular flexibility index (Phi) is 7.59. The van der Waals surface area contributed by atoms with Crippen molar-refractivity contribution in [2.75, 3.05) is 12.0 Å². The average molecular weight is 765 g/mol. The van der Waals surface area contributed by atoms with Crippen LogP contribution in [0, 0.1) is 27.2 Å². The monoisotopic (exact) mass is 764 g/mol. The summed E-state index contributed by atoms with van der Waals surface area (Å²) in [5, 5.41) is 11.2. The summed E-state index contributed by atoms with van der Waals surface area (Å²) >= 11 is 8.42. The number of ether oxygens (including phenoxy) is 1. The third-order valence-electron chi connectivity index (χ3n) is 10.4. The fourth-order valence-corrected chi connectivity index (χ4v) is 9.51. The summed E-state index contributed by atoms with van der Waals surface area (Å²) in [4.78, 5) is 60.8. The lowest BCUT2D eigenvalue weighted by Crippen LogP contribution is -2.53. The Morgan fingerprint density at radius 3 is 2.32 bits per heavy atom. The van der Waals surface area contributed by atoms with Gasteiger partial charge in [-0.05, 0) is 104 Å². The number of nitrogens with zero attached hydrogens (tertiary/aromatic N) is 2. The molecule has 4 amide bonds. The van der Waals surface area contributed by atoms with Gasteiger partial charge in [0.05, 0.1) is 39.5 Å². The zero-order chi connectivity index (χ0) is 33.6. The Hall–Kier alpha value is -3.70. The van der Waals surface area contributed by atoms with Crippen LogP contribution in [0.1, 0.15) is 50.7 Å². The first-order valence-electron chi connectivity index (χ1n) is 15.7. The van der Waals surface area contributed by atoms with Gasteiger partial charge < -0.3 is 9.84 Å². The smallest absolute Gasteiger partial charge is 0.246 e. The van der Waals surface area contributed by atoms with Gasteiger partial charge in [-0.1, -0.05) is 59.6 Å². The first-order chi connectivity index (χ1) is 22.3. The normalized spacial score (nSPS) is 28.6. The van der Waals surface area contributed by atoms with Crippen LogP contribution >= 0.6 is 34.2 Å². The molecule has 0 aromatic heterocycles. The SMILES string of the molecule is COc1cc([C@H]2C3=CC[C@@H]4C(=O)N(C(C)(C)C)C(=O)[C@@H]4[C@@H]3C[C@H]3C(=O)N(c4cccc(Cl)c4)C(=O)[C@@]23c2ccccc2)cc(I)c1O. The van der Waals surface area contributed by atoms with Gasteiger partial charge in [-0.15, -0.1) is 0 Å². The number of methoxy groups -OCH3 is 1. The van der Waals surface area contributed by atoms with E-state index < -0.39 is 40.5 Å². The summed E-state index contributed by atoms with van der Waals surface area (Å²) in [6, 6.07) is 19.6. The number of allylic oxidation sites excluding steroid dienone is 2. The third kappa shape index (κ3) is 4.52. The number of likely N-dealkylation sites (tertiary alicyclic amines) is 1. The van der Waals surface area contributed by atoms with Crippen LogP contribution in [0.3, 0.4) is 0 Å². The molecule has 3 aromatic rings. The van der Waals surface area contributed by atoms with Crippen LogP contribution in [0.2, 0.25) is 5.02 Å². The molecule has 6 atom stereocenters. The maximum Gasteiger partial charge on any atom is 0.246 e. The van der Waals surface area contributed by atoms with Crippen molar-refractivity contribution in [3.63, 3.8) is 0 Å². The zero-order valence-corrected chi connectivity index (χ0v) is 29.3. The predicted molar refractivity (Wildman–Crippen MR) is 185 cm³/mol. The molecular formula is C37H34ClIN2O6. The molecule has 2 saturated heterocycles. The molecule has 10 heteroatoms. The lowest BCUT2D eigenvalue weighted by Gasteiger charge is -2.50. The van der Waals surface area contributed by atoms with Crippen molar-refractivity contribution in [1.82, 2.24) is 4.90 Å². The fourth-order valence-electron chi connectivity index (χ4n) is 8.70. The topological polar surface area (TPSA) is 104 Å². The maximum atomic E-state index is 15.3. The van der Waals surface area contributed by atoms with Gasteiger partial charge in [-0.25, -0.2) is 4.90 Å². The molecule has 1 N–H and O–H groups in total. The van der Waals surface area contributed by atoms with E-state index in [0.717, 1.165) is 5.57 Å². The molecule has 1 saturated carbocycles. The van der Waals surface area contributed by atoms with E-state index in [9.17, 15) is 19.5 Å². The molecule has 2 aliphatic carbocycles. The van der Waals surface area contributed by atoms with E-state index >= 15 is 4.79 Å². The van der Waals surface area contributed by atoms with Gasteiger partial charge in [-0.3, -0.25) is 24.1 Å². The van der Waals surface area contributed by atoms with Gasteiger partial charge in [0.25, 0.3) is 0 Å². The molecule has 0 radical (unpaired) electrons. The molecular weight excluding hydrogens is 731 g/mol. The van der Waals surface area contributed by atoms with Crippen molar-refractivity contribution >= 4 is 63.5 Å². The quantitative estimate of drug-likeness (QED) is 0.182. The van der Waals surface area contributed by atoms with E-state index in [1.54, 1.807) is 30.3 Å². The molecule has 8 nitrogen and oxygen atoms in total. The van der Waals surface area contributed by atoms with Crippen LogP contribution in [0.5, 0.6) is 11.5 Å². The second-order valence-corrected chi connectivity index (χ2v) is 15.4. The number of rotatable bonds is 4. The van der Waals surface area contributed by atoms with Crippen molar-refractivity contribution in [3.8, 4) is 11.5 Å². The Morgan fingerprint density at radius 1 is 0.936 bits per heavy atom. The summed E-state index contributed by atoms with van der Waals surface area (Å²) in [6.07, 6.45) is 2.58. The van der Waals surface area contributed by atoms with Crippen LogP contribution in [0.25, 0.3) is 0 Å². The minimum absolute atomic E-state index is 0.0287. The van der Waals surface area contributed by atoms with Crippen molar-refractivity contribution in [1.29, 1.82) is 0 Å². The Morgan fingerprint density at radius 2 is 1.66 bits per heavy atom. The first-order valence-corrected chi connectivity index (χ1v) is 17.1. The fraction of sp³-hybridized carbons (Fsp3) is 0.351. The van der Waals surface area contributed by atoms with E-state index in [2.05, 4.69) is 0 Å². The van der Waals surface area contributed by atoms with Gasteiger partial charge >= 0.3 is 0 Å². The highest BCUT2D eigenvalue weighted by molar-refractivity contribution is 14.1. The summed E-state index contributed by atoms with van der Waals surface area (Å²) in [7, 11) is 1.47. The summed E-state index contributed by atoms with van der Waals surface area (Å²) in [5.74, 6) is -4.28. The number of carbonyl (C=O) groups is 4. The number of carbonyl (C=O) groups excluding carboxylic acids is 4. The molecule has 242 valence electrons. The average Bonchev–Trinajstić information content (AvgIpc) is 3.43. The molecule has 2 heterocycles. The number of phenolic OH excluding ortho intramolecular Hbond substituents is 1. The van der Waals surface area contributed by atoms with Gasteiger partial charge in [0.2, 0.25) is 23.6 Å². The number of hydrogen-bond acceptors (Lipinski definition) is 6. The Bertz CT molecular complexity index is 1890. The molecule has 4 aliphatic rings. The number of aromatic hydroxyl groups is 1. The first kappa shape index (κ1) is 31.9. The molecule has 0 spiro atoms. The Balaban J connectivity index is 1.52. The number of anilines is 1. The second-order valence-electron chi connectivity index (χ2n) is 13.8. The van der Waals surface area contributed by atoms with Crippen molar-refractivity contribution in [2.24, 2.45) is 23.7 Å². The minimum atomic E-state index is -1.41. The molecule has 3 fully saturated rings. The molecule has 47 heavy (non-hydrogen) atoms. The third-order valence-corrected chi connectivity index (χ3v) is 11.5. The number of fused-ring (bicyclic) bond motifs is 4. The lowest BCUT2D eigenvalue weighted by atomic mass is 9.49. The number of benzene rings is 3. The van der Waals surface area contributed by atoms with Crippen LogP contribution < -0.4 is 9.64 Å². The summed E-state index contributed by atoms with van der Waals surface area (Å²) in [5.41, 5.74) is 0.445.